The zero-order valence-electron chi connectivity index (χ0n) is 64.8. The molecular weight excluding hydrogens is 1270 g/mol. The maximum absolute atomic E-state index is 12.9. The Hall–Kier alpha value is -3.27. The number of unbranched alkanes of at least 4 members (excludes halogenated alkanes) is 17. The van der Waals surface area contributed by atoms with Crippen molar-refractivity contribution in [2.45, 2.75) is 309 Å². The molecule has 0 saturated carbocycles. The fraction of sp³-hybridized carbons (Fsp3) is 0.716. The topological polar surface area (TPSA) is 120 Å². The first-order valence-corrected chi connectivity index (χ1v) is 43.5. The number of allylic oxidation sites excluding steroid dienone is 24. The number of nitrogens with zero attached hydrogens (tertiary/aromatic N) is 4. The van der Waals surface area contributed by atoms with Crippen molar-refractivity contribution < 1.29 is 30.0 Å². The maximum Gasteiger partial charge on any atom is 0.305 e. The Bertz CT molecular complexity index is 2030. The minimum Gasteiger partial charge on any atom is -0.464 e. The van der Waals surface area contributed by atoms with Crippen LogP contribution in [0.5, 0.6) is 0 Å². The van der Waals surface area contributed by atoms with Gasteiger partial charge in [-0.1, -0.05) is 272 Å². The van der Waals surface area contributed by atoms with Crippen molar-refractivity contribution in [3.05, 3.63) is 146 Å². The molecule has 0 aliphatic carbocycles. The quantitative estimate of drug-likeness (QED) is 0.0201. The molecule has 4 N–H and O–H groups in total. The van der Waals surface area contributed by atoms with E-state index >= 15 is 0 Å². The van der Waals surface area contributed by atoms with E-state index in [2.05, 4.69) is 193 Å². The van der Waals surface area contributed by atoms with Gasteiger partial charge in [0, 0.05) is 83.4 Å². The van der Waals surface area contributed by atoms with E-state index in [-0.39, 0.29) is 18.2 Å². The van der Waals surface area contributed by atoms with Crippen molar-refractivity contribution in [1.29, 1.82) is 0 Å². The number of hydrogen-bond donors (Lipinski definition) is 4. The van der Waals surface area contributed by atoms with Gasteiger partial charge in [-0.3, -0.25) is 24.4 Å². The number of aliphatic hydroxyl groups excluding tert-OH is 4. The zero-order valence-corrected chi connectivity index (χ0v) is 66.4. The predicted octanol–water partition coefficient (Wildman–Crippen LogP) is 21.9. The Kier molecular flexibility index (Phi) is 72.8. The molecule has 1 fully saturated rings. The van der Waals surface area contributed by atoms with Crippen LogP contribution in [-0.2, 0) is 9.53 Å². The molecule has 1 aliphatic rings. The van der Waals surface area contributed by atoms with Gasteiger partial charge in [-0.25, -0.2) is 0 Å². The van der Waals surface area contributed by atoms with Crippen molar-refractivity contribution in [3.8, 4) is 0 Å². The van der Waals surface area contributed by atoms with Gasteiger partial charge < -0.3 is 25.2 Å². The summed E-state index contributed by atoms with van der Waals surface area (Å²) in [6, 6.07) is 0. The molecule has 12 heteroatoms. The Labute approximate surface area is 624 Å². The summed E-state index contributed by atoms with van der Waals surface area (Å²) in [6.45, 7) is 19.0. The first kappa shape index (κ1) is 94.7. The lowest BCUT2D eigenvalue weighted by molar-refractivity contribution is -0.144. The van der Waals surface area contributed by atoms with Gasteiger partial charge >= 0.3 is 5.97 Å². The lowest BCUT2D eigenvalue weighted by atomic mass is 10.1. The highest BCUT2D eigenvalue weighted by atomic mass is 33.1. The van der Waals surface area contributed by atoms with E-state index in [0.717, 1.165) is 263 Å². The van der Waals surface area contributed by atoms with Crippen LogP contribution < -0.4 is 0 Å². The number of carbonyl (C=O) groups excluding carboxylic acids is 1. The number of carbonyl (C=O) groups is 1. The number of esters is 1. The van der Waals surface area contributed by atoms with Crippen LogP contribution in [0, 0.1) is 0 Å². The minimum absolute atomic E-state index is 0.133. The summed E-state index contributed by atoms with van der Waals surface area (Å²) in [5.74, 6) is 2.01. The van der Waals surface area contributed by atoms with Crippen molar-refractivity contribution >= 4 is 27.6 Å². The second kappa shape index (κ2) is 76.8. The minimum atomic E-state index is -0.425. The van der Waals surface area contributed by atoms with Crippen LogP contribution in [0.15, 0.2) is 146 Å². The second-order valence-corrected chi connectivity index (χ2v) is 30.3. The SMILES string of the molecule is CC/C=C\C/C=C\C/C=C\CCCCCCC(O)CN(CCCCC(=O)OCCN1CCN(CCSSCCCN(CC(O)CCCCCC/C=C\C/C=C\C/C=C\CC)CC(O)CCCCCC/C=C\C/C=C\C/C=C\CC)CC1)CC(O)CCCCCC/C=C\C/C=C\C/C=C\CC. The number of piperazine rings is 1. The maximum atomic E-state index is 12.9. The van der Waals surface area contributed by atoms with Crippen LogP contribution >= 0.6 is 21.6 Å². The van der Waals surface area contributed by atoms with Crippen LogP contribution in [0.1, 0.15) is 285 Å². The summed E-state index contributed by atoms with van der Waals surface area (Å²) < 4.78 is 5.76. The van der Waals surface area contributed by atoms with Gasteiger partial charge in [-0.2, -0.15) is 0 Å². The van der Waals surface area contributed by atoms with E-state index in [1.165, 1.54) is 51.4 Å². The lowest BCUT2D eigenvalue weighted by Crippen LogP contribution is -2.47. The highest BCUT2D eigenvalue weighted by molar-refractivity contribution is 8.76. The molecule has 1 aliphatic heterocycles. The van der Waals surface area contributed by atoms with Gasteiger partial charge in [-0.05, 0) is 186 Å². The third kappa shape index (κ3) is 69.1. The molecule has 0 aromatic carbocycles. The fourth-order valence-corrected chi connectivity index (χ4v) is 14.3. The van der Waals surface area contributed by atoms with Crippen LogP contribution in [0.3, 0.4) is 0 Å². The molecule has 10 nitrogen and oxygen atoms in total. The number of aliphatic hydroxyl groups is 4. The Morgan fingerprint density at radius 2 is 0.620 bits per heavy atom. The van der Waals surface area contributed by atoms with Gasteiger partial charge in [0.1, 0.15) is 6.61 Å². The Morgan fingerprint density at radius 3 is 0.950 bits per heavy atom. The summed E-state index contributed by atoms with van der Waals surface area (Å²) in [4.78, 5) is 22.5. The van der Waals surface area contributed by atoms with Gasteiger partial charge in [-0.15, -0.1) is 0 Å². The largest absolute Gasteiger partial charge is 0.464 e. The average molecular weight is 1430 g/mol. The summed E-state index contributed by atoms with van der Waals surface area (Å²) in [5, 5.41) is 44.8. The van der Waals surface area contributed by atoms with Crippen molar-refractivity contribution in [3.63, 3.8) is 0 Å². The fourth-order valence-electron chi connectivity index (χ4n) is 12.2. The standard InChI is InChI=1S/C88H154N4O6S2/c1-5-9-13-17-21-25-29-33-37-41-45-49-53-57-64-84(93)80-91(81-85(94)65-58-54-50-46-42-38-34-30-26-22-18-14-10-6-2)69-62-61-68-88(97)98-77-75-89-71-73-90(74-72-89)76-79-100-99-78-63-70-92(82-86(95)66-59-55-51-47-43-39-35-31-27-23-19-15-11-7-3)83-87(96)67-60-56-52-48-44-40-36-32-28-24-20-16-12-8-4/h9-16,21-28,33-40,84-87,93-96H,5-8,17-20,29-32,41-83H2,1-4H3/b13-9-,14-10-,15-11-,16-12-,25-21-,26-22-,27-23-,28-24-,37-33-,38-34-,39-35-,40-36-. The van der Waals surface area contributed by atoms with E-state index in [1.807, 2.05) is 21.6 Å². The van der Waals surface area contributed by atoms with E-state index in [4.69, 9.17) is 4.74 Å². The molecule has 0 aromatic rings. The molecule has 0 bridgehead atoms. The average Bonchev–Trinajstić information content (AvgIpc) is 1.19. The first-order valence-electron chi connectivity index (χ1n) is 41.0. The third-order valence-electron chi connectivity index (χ3n) is 18.1. The lowest BCUT2D eigenvalue weighted by Gasteiger charge is -2.34. The molecular formula is C88H154N4O6S2. The summed E-state index contributed by atoms with van der Waals surface area (Å²) in [5.41, 5.74) is 0. The Balaban J connectivity index is 2.49. The van der Waals surface area contributed by atoms with Crippen LogP contribution in [0.2, 0.25) is 0 Å². The molecule has 1 saturated heterocycles. The molecule has 574 valence electrons. The highest BCUT2D eigenvalue weighted by Gasteiger charge is 2.20. The van der Waals surface area contributed by atoms with E-state index < -0.39 is 12.2 Å². The molecule has 1 rings (SSSR count). The van der Waals surface area contributed by atoms with Crippen LogP contribution in [0.4, 0.5) is 0 Å². The zero-order chi connectivity index (χ0) is 72.2. The predicted molar refractivity (Wildman–Crippen MR) is 443 cm³/mol. The van der Waals surface area contributed by atoms with E-state index in [9.17, 15) is 25.2 Å². The molecule has 1 heterocycles. The Morgan fingerprint density at radius 1 is 0.340 bits per heavy atom. The second-order valence-electron chi connectivity index (χ2n) is 27.6. The molecule has 100 heavy (non-hydrogen) atoms. The smallest absolute Gasteiger partial charge is 0.305 e. The first-order chi connectivity index (χ1) is 49.2. The van der Waals surface area contributed by atoms with Gasteiger partial charge in [0.2, 0.25) is 0 Å². The molecule has 0 spiro atoms. The molecule has 0 amide bonds. The van der Waals surface area contributed by atoms with Gasteiger partial charge in [0.25, 0.3) is 0 Å². The van der Waals surface area contributed by atoms with Crippen molar-refractivity contribution in [2.75, 3.05) is 96.6 Å². The van der Waals surface area contributed by atoms with Gasteiger partial charge in [0.05, 0.1) is 24.4 Å². The molecule has 0 aromatic heterocycles. The normalized spacial score (nSPS) is 15.5. The summed E-state index contributed by atoms with van der Waals surface area (Å²) in [7, 11) is 3.92. The van der Waals surface area contributed by atoms with E-state index in [0.29, 0.717) is 39.2 Å². The number of rotatable bonds is 72. The number of hydrogen-bond acceptors (Lipinski definition) is 12. The third-order valence-corrected chi connectivity index (χ3v) is 20.6. The summed E-state index contributed by atoms with van der Waals surface area (Å²) in [6.07, 6.45) is 93.7. The molecule has 4 unspecified atom stereocenters. The molecule has 4 atom stereocenters. The monoisotopic (exact) mass is 1430 g/mol. The van der Waals surface area contributed by atoms with Crippen LogP contribution in [-0.4, -0.2) is 167 Å². The number of ether oxygens (including phenoxy) is 1. The van der Waals surface area contributed by atoms with Gasteiger partial charge in [0.15, 0.2) is 0 Å². The summed E-state index contributed by atoms with van der Waals surface area (Å²) >= 11 is 0. The van der Waals surface area contributed by atoms with Crippen LogP contribution in [0.25, 0.3) is 0 Å². The van der Waals surface area contributed by atoms with E-state index in [1.54, 1.807) is 0 Å². The van der Waals surface area contributed by atoms with Crippen molar-refractivity contribution in [2.24, 2.45) is 0 Å². The highest BCUT2D eigenvalue weighted by Crippen LogP contribution is 2.23. The molecule has 0 radical (unpaired) electrons. The van der Waals surface area contributed by atoms with Crippen molar-refractivity contribution in [1.82, 2.24) is 19.6 Å².